The molecule has 0 unspecified atom stereocenters. The van der Waals surface area contributed by atoms with Gasteiger partial charge in [-0.3, -0.25) is 4.79 Å². The predicted octanol–water partition coefficient (Wildman–Crippen LogP) is 5.11. The van der Waals surface area contributed by atoms with Crippen LogP contribution in [0.4, 0.5) is 0 Å². The Hall–Kier alpha value is -1.57. The summed E-state index contributed by atoms with van der Waals surface area (Å²) < 4.78 is 0. The highest BCUT2D eigenvalue weighted by Gasteiger charge is 2.46. The van der Waals surface area contributed by atoms with Crippen LogP contribution in [-0.4, -0.2) is 10.9 Å². The zero-order chi connectivity index (χ0) is 16.3. The molecule has 0 bridgehead atoms. The van der Waals surface area contributed by atoms with Gasteiger partial charge in [-0.1, -0.05) is 46.6 Å². The number of fused-ring (bicyclic) bond motifs is 3. The zero-order valence-corrected chi connectivity index (χ0v) is 14.3. The minimum absolute atomic E-state index is 0.0483. The van der Waals surface area contributed by atoms with Gasteiger partial charge in [0.05, 0.1) is 0 Å². The van der Waals surface area contributed by atoms with Crippen molar-refractivity contribution in [3.8, 4) is 5.75 Å². The fourth-order valence-electron chi connectivity index (χ4n) is 4.47. The van der Waals surface area contributed by atoms with Crippen molar-refractivity contribution in [2.45, 2.75) is 65.2 Å². The molecule has 118 valence electrons. The fourth-order valence-corrected chi connectivity index (χ4v) is 4.47. The van der Waals surface area contributed by atoms with Crippen molar-refractivity contribution in [1.29, 1.82) is 0 Å². The number of phenols is 1. The van der Waals surface area contributed by atoms with E-state index in [9.17, 15) is 9.90 Å². The molecular formula is C20H26O2. The average molecular weight is 298 g/mol. The summed E-state index contributed by atoms with van der Waals surface area (Å²) in [5.74, 6) is 0.630. The molecule has 1 aromatic rings. The average Bonchev–Trinajstić information content (AvgIpc) is 2.41. The lowest BCUT2D eigenvalue weighted by molar-refractivity contribution is 0.103. The number of benzene rings is 1. The maximum absolute atomic E-state index is 12.7. The van der Waals surface area contributed by atoms with Crippen LogP contribution in [0.15, 0.2) is 23.8 Å². The Labute approximate surface area is 133 Å². The standard InChI is InChI=1S/C20H26O2/c1-12(2)13-9-14-15(10-16(13)21)20(5)8-6-7-19(3,4)18(20)11-17(14)22/h9-12,21H,6-8H2,1-5H3/t20-/m0/s1. The van der Waals surface area contributed by atoms with Crippen LogP contribution in [0.25, 0.3) is 0 Å². The molecule has 1 atom stereocenters. The highest BCUT2D eigenvalue weighted by atomic mass is 16.3. The molecule has 2 aliphatic rings. The molecule has 1 fully saturated rings. The number of allylic oxidation sites excluding steroid dienone is 2. The van der Waals surface area contributed by atoms with E-state index in [-0.39, 0.29) is 22.5 Å². The fraction of sp³-hybridized carbons (Fsp3) is 0.550. The van der Waals surface area contributed by atoms with Gasteiger partial charge in [-0.15, -0.1) is 0 Å². The largest absolute Gasteiger partial charge is 0.508 e. The minimum atomic E-state index is -0.127. The van der Waals surface area contributed by atoms with E-state index in [0.29, 0.717) is 5.75 Å². The van der Waals surface area contributed by atoms with E-state index in [4.69, 9.17) is 0 Å². The minimum Gasteiger partial charge on any atom is -0.508 e. The van der Waals surface area contributed by atoms with Gasteiger partial charge in [0.25, 0.3) is 0 Å². The van der Waals surface area contributed by atoms with Crippen LogP contribution < -0.4 is 0 Å². The lowest BCUT2D eigenvalue weighted by Gasteiger charge is -2.48. The maximum Gasteiger partial charge on any atom is 0.186 e. The molecule has 3 rings (SSSR count). The molecule has 0 spiro atoms. The topological polar surface area (TPSA) is 37.3 Å². The van der Waals surface area contributed by atoms with Gasteiger partial charge in [-0.05, 0) is 53.5 Å². The van der Waals surface area contributed by atoms with Crippen molar-refractivity contribution in [3.63, 3.8) is 0 Å². The van der Waals surface area contributed by atoms with Crippen molar-refractivity contribution in [2.24, 2.45) is 5.41 Å². The molecule has 0 heterocycles. The highest BCUT2D eigenvalue weighted by Crippen LogP contribution is 2.55. The monoisotopic (exact) mass is 298 g/mol. The van der Waals surface area contributed by atoms with Crippen molar-refractivity contribution < 1.29 is 9.90 Å². The van der Waals surface area contributed by atoms with Gasteiger partial charge >= 0.3 is 0 Å². The summed E-state index contributed by atoms with van der Waals surface area (Å²) >= 11 is 0. The molecule has 0 aromatic heterocycles. The van der Waals surface area contributed by atoms with Crippen molar-refractivity contribution in [3.05, 3.63) is 40.5 Å². The molecule has 2 heteroatoms. The van der Waals surface area contributed by atoms with Crippen LogP contribution in [-0.2, 0) is 5.41 Å². The lowest BCUT2D eigenvalue weighted by Crippen LogP contribution is -2.41. The van der Waals surface area contributed by atoms with Crippen LogP contribution in [0.2, 0.25) is 0 Å². The Morgan fingerprint density at radius 1 is 1.14 bits per heavy atom. The van der Waals surface area contributed by atoms with E-state index >= 15 is 0 Å². The van der Waals surface area contributed by atoms with Crippen molar-refractivity contribution in [1.82, 2.24) is 0 Å². The normalized spacial score (nSPS) is 26.5. The first-order valence-corrected chi connectivity index (χ1v) is 8.31. The zero-order valence-electron chi connectivity index (χ0n) is 14.3. The second-order valence-corrected chi connectivity index (χ2v) is 8.10. The number of ketones is 1. The smallest absolute Gasteiger partial charge is 0.186 e. The number of hydrogen-bond acceptors (Lipinski definition) is 2. The summed E-state index contributed by atoms with van der Waals surface area (Å²) in [7, 11) is 0. The van der Waals surface area contributed by atoms with Gasteiger partial charge in [0.1, 0.15) is 5.75 Å². The second kappa shape index (κ2) is 4.71. The first kappa shape index (κ1) is 15.3. The molecule has 2 aliphatic carbocycles. The molecule has 0 amide bonds. The molecule has 22 heavy (non-hydrogen) atoms. The number of carbonyl (C=O) groups excluding carboxylic acids is 1. The van der Waals surface area contributed by atoms with Gasteiger partial charge in [0.15, 0.2) is 5.78 Å². The first-order chi connectivity index (χ1) is 10.2. The maximum atomic E-state index is 12.7. The van der Waals surface area contributed by atoms with Crippen LogP contribution in [0.1, 0.15) is 81.3 Å². The molecule has 0 radical (unpaired) electrons. The van der Waals surface area contributed by atoms with Crippen molar-refractivity contribution in [2.75, 3.05) is 0 Å². The Balaban J connectivity index is 2.25. The quantitative estimate of drug-likeness (QED) is 0.782. The van der Waals surface area contributed by atoms with E-state index < -0.39 is 0 Å². The van der Waals surface area contributed by atoms with Crippen LogP contribution in [0.5, 0.6) is 5.75 Å². The molecule has 1 N–H and O–H groups in total. The summed E-state index contributed by atoms with van der Waals surface area (Å²) in [5.41, 5.74) is 3.82. The Morgan fingerprint density at radius 2 is 1.82 bits per heavy atom. The second-order valence-electron chi connectivity index (χ2n) is 8.10. The third-order valence-corrected chi connectivity index (χ3v) is 5.73. The van der Waals surface area contributed by atoms with Crippen LogP contribution in [0, 0.1) is 5.41 Å². The lowest BCUT2D eigenvalue weighted by atomic mass is 9.55. The summed E-state index contributed by atoms with van der Waals surface area (Å²) in [5, 5.41) is 10.4. The molecule has 1 aromatic carbocycles. The third-order valence-electron chi connectivity index (χ3n) is 5.73. The number of hydrogen-bond donors (Lipinski definition) is 1. The number of carbonyl (C=O) groups is 1. The summed E-state index contributed by atoms with van der Waals surface area (Å²) in [4.78, 5) is 12.7. The van der Waals surface area contributed by atoms with Crippen LogP contribution in [0.3, 0.4) is 0 Å². The van der Waals surface area contributed by atoms with Gasteiger partial charge < -0.3 is 5.11 Å². The Kier molecular flexibility index (Phi) is 3.28. The first-order valence-electron chi connectivity index (χ1n) is 8.31. The summed E-state index contributed by atoms with van der Waals surface area (Å²) in [6.07, 6.45) is 5.19. The summed E-state index contributed by atoms with van der Waals surface area (Å²) in [6, 6.07) is 3.77. The van der Waals surface area contributed by atoms with Gasteiger partial charge in [0.2, 0.25) is 0 Å². The van der Waals surface area contributed by atoms with Gasteiger partial charge in [-0.2, -0.15) is 0 Å². The highest BCUT2D eigenvalue weighted by molar-refractivity contribution is 6.08. The molecule has 2 nitrogen and oxygen atoms in total. The van der Waals surface area contributed by atoms with Crippen molar-refractivity contribution >= 4 is 5.78 Å². The van der Waals surface area contributed by atoms with E-state index in [1.54, 1.807) is 0 Å². The Bertz CT molecular complexity index is 679. The summed E-state index contributed by atoms with van der Waals surface area (Å²) in [6.45, 7) is 10.8. The third kappa shape index (κ3) is 2.04. The number of phenolic OH excluding ortho intramolecular Hbond substituents is 1. The van der Waals surface area contributed by atoms with Gasteiger partial charge in [0, 0.05) is 11.0 Å². The van der Waals surface area contributed by atoms with Gasteiger partial charge in [-0.25, -0.2) is 0 Å². The van der Waals surface area contributed by atoms with E-state index in [0.717, 1.165) is 36.0 Å². The number of aromatic hydroxyl groups is 1. The molecule has 0 saturated heterocycles. The van der Waals surface area contributed by atoms with E-state index in [1.807, 2.05) is 32.1 Å². The Morgan fingerprint density at radius 3 is 2.45 bits per heavy atom. The van der Waals surface area contributed by atoms with E-state index in [2.05, 4.69) is 20.8 Å². The predicted molar refractivity (Wildman–Crippen MR) is 89.6 cm³/mol. The van der Waals surface area contributed by atoms with E-state index in [1.165, 1.54) is 5.57 Å². The van der Waals surface area contributed by atoms with Crippen LogP contribution >= 0.6 is 0 Å². The number of rotatable bonds is 1. The molecular weight excluding hydrogens is 272 g/mol. The molecule has 0 aliphatic heterocycles. The SMILES string of the molecule is CC(C)c1cc2c(cc1O)[C@]1(C)CCCC(C)(C)C1=CC2=O. The molecule has 1 saturated carbocycles.